The zero-order chi connectivity index (χ0) is 12.3. The van der Waals surface area contributed by atoms with Crippen molar-refractivity contribution in [2.75, 3.05) is 33.7 Å². The van der Waals surface area contributed by atoms with Crippen molar-refractivity contribution in [1.82, 2.24) is 9.80 Å². The minimum atomic E-state index is -0.268. The molecule has 2 heterocycles. The molecule has 1 aromatic heterocycles. The van der Waals surface area contributed by atoms with E-state index in [-0.39, 0.29) is 12.1 Å². The van der Waals surface area contributed by atoms with Crippen molar-refractivity contribution in [1.29, 1.82) is 0 Å². The predicted octanol–water partition coefficient (Wildman–Crippen LogP) is 1.29. The van der Waals surface area contributed by atoms with Crippen molar-refractivity contribution in [2.45, 2.75) is 25.0 Å². The SMILES string of the molecule is CN1CCCN(C)C(C(O)Cc2ccsc2)C1. The molecule has 0 radical (unpaired) electrons. The van der Waals surface area contributed by atoms with Crippen LogP contribution in [0, 0.1) is 0 Å². The highest BCUT2D eigenvalue weighted by molar-refractivity contribution is 7.07. The van der Waals surface area contributed by atoms with Crippen LogP contribution >= 0.6 is 11.3 Å². The van der Waals surface area contributed by atoms with Crippen molar-refractivity contribution < 1.29 is 5.11 Å². The van der Waals surface area contributed by atoms with Gasteiger partial charge in [-0.25, -0.2) is 0 Å². The van der Waals surface area contributed by atoms with Crippen molar-refractivity contribution >= 4 is 11.3 Å². The van der Waals surface area contributed by atoms with Gasteiger partial charge in [0, 0.05) is 19.0 Å². The molecule has 0 spiro atoms. The van der Waals surface area contributed by atoms with Crippen LogP contribution in [0.3, 0.4) is 0 Å². The van der Waals surface area contributed by atoms with Gasteiger partial charge in [-0.1, -0.05) is 0 Å². The average Bonchev–Trinajstić information content (AvgIpc) is 2.72. The highest BCUT2D eigenvalue weighted by atomic mass is 32.1. The second-order valence-corrected chi connectivity index (χ2v) is 5.85. The normalized spacial score (nSPS) is 25.7. The van der Waals surface area contributed by atoms with E-state index in [0.29, 0.717) is 0 Å². The fourth-order valence-electron chi connectivity index (χ4n) is 2.51. The Morgan fingerprint density at radius 3 is 3.00 bits per heavy atom. The van der Waals surface area contributed by atoms with Crippen LogP contribution in [0.5, 0.6) is 0 Å². The number of hydrogen-bond donors (Lipinski definition) is 1. The molecule has 1 fully saturated rings. The Morgan fingerprint density at radius 2 is 2.29 bits per heavy atom. The molecule has 0 aromatic carbocycles. The summed E-state index contributed by atoms with van der Waals surface area (Å²) in [6.07, 6.45) is 1.69. The van der Waals surface area contributed by atoms with E-state index in [1.165, 1.54) is 12.0 Å². The van der Waals surface area contributed by atoms with E-state index in [9.17, 15) is 5.11 Å². The Bertz CT molecular complexity index is 328. The topological polar surface area (TPSA) is 26.7 Å². The standard InChI is InChI=1S/C13H22N2OS/c1-14-5-3-6-15(2)12(9-14)13(16)8-11-4-7-17-10-11/h4,7,10,12-13,16H,3,5-6,8-9H2,1-2H3. The summed E-state index contributed by atoms with van der Waals surface area (Å²) < 4.78 is 0. The van der Waals surface area contributed by atoms with E-state index in [1.54, 1.807) is 11.3 Å². The Morgan fingerprint density at radius 1 is 1.47 bits per heavy atom. The fourth-order valence-corrected chi connectivity index (χ4v) is 3.19. The summed E-state index contributed by atoms with van der Waals surface area (Å²) >= 11 is 1.70. The monoisotopic (exact) mass is 254 g/mol. The zero-order valence-electron chi connectivity index (χ0n) is 10.7. The summed E-state index contributed by atoms with van der Waals surface area (Å²) in [6.45, 7) is 3.17. The Kier molecular flexibility index (Phi) is 4.56. The second kappa shape index (κ2) is 5.96. The molecule has 1 N–H and O–H groups in total. The summed E-state index contributed by atoms with van der Waals surface area (Å²) in [6, 6.07) is 2.36. The quantitative estimate of drug-likeness (QED) is 0.880. The number of thiophene rings is 1. The lowest BCUT2D eigenvalue weighted by Crippen LogP contribution is -2.46. The first kappa shape index (κ1) is 13.0. The first-order chi connectivity index (χ1) is 8.16. The number of likely N-dealkylation sites (N-methyl/N-ethyl adjacent to an activating group) is 2. The van der Waals surface area contributed by atoms with Gasteiger partial charge in [0.15, 0.2) is 0 Å². The molecule has 1 aromatic rings. The van der Waals surface area contributed by atoms with Crippen LogP contribution in [0.25, 0.3) is 0 Å². The van der Waals surface area contributed by atoms with Crippen LogP contribution in [-0.4, -0.2) is 60.8 Å². The van der Waals surface area contributed by atoms with Crippen LogP contribution in [0.1, 0.15) is 12.0 Å². The van der Waals surface area contributed by atoms with Gasteiger partial charge in [0.25, 0.3) is 0 Å². The Balaban J connectivity index is 1.98. The molecule has 0 bridgehead atoms. The molecule has 1 saturated heterocycles. The molecule has 2 unspecified atom stereocenters. The summed E-state index contributed by atoms with van der Waals surface area (Å²) in [7, 11) is 4.27. The van der Waals surface area contributed by atoms with Gasteiger partial charge in [0.05, 0.1) is 6.10 Å². The molecule has 1 aliphatic rings. The van der Waals surface area contributed by atoms with Gasteiger partial charge in [-0.15, -0.1) is 0 Å². The van der Waals surface area contributed by atoms with E-state index >= 15 is 0 Å². The molecule has 0 amide bonds. The maximum atomic E-state index is 10.4. The van der Waals surface area contributed by atoms with Gasteiger partial charge in [0.1, 0.15) is 0 Å². The number of aliphatic hydroxyl groups excluding tert-OH is 1. The first-order valence-corrected chi connectivity index (χ1v) is 7.19. The third kappa shape index (κ3) is 3.52. The van der Waals surface area contributed by atoms with Gasteiger partial charge in [-0.3, -0.25) is 4.90 Å². The predicted molar refractivity (Wildman–Crippen MR) is 72.6 cm³/mol. The molecule has 1 aliphatic heterocycles. The third-order valence-corrected chi connectivity index (χ3v) is 4.32. The van der Waals surface area contributed by atoms with Crippen LogP contribution < -0.4 is 0 Å². The maximum Gasteiger partial charge on any atom is 0.0748 e. The van der Waals surface area contributed by atoms with Crippen LogP contribution in [-0.2, 0) is 6.42 Å². The summed E-state index contributed by atoms with van der Waals surface area (Å²) in [5.41, 5.74) is 1.25. The number of rotatable bonds is 3. The molecule has 2 atom stereocenters. The average molecular weight is 254 g/mol. The van der Waals surface area contributed by atoms with Crippen molar-refractivity contribution in [3.8, 4) is 0 Å². The van der Waals surface area contributed by atoms with E-state index in [0.717, 1.165) is 26.1 Å². The third-order valence-electron chi connectivity index (χ3n) is 3.58. The molecule has 4 heteroatoms. The molecule has 96 valence electrons. The molecule has 0 aliphatic carbocycles. The van der Waals surface area contributed by atoms with E-state index in [4.69, 9.17) is 0 Å². The summed E-state index contributed by atoms with van der Waals surface area (Å²) in [5, 5.41) is 14.6. The first-order valence-electron chi connectivity index (χ1n) is 6.24. The highest BCUT2D eigenvalue weighted by Crippen LogP contribution is 2.15. The van der Waals surface area contributed by atoms with Crippen molar-refractivity contribution in [2.24, 2.45) is 0 Å². The molecule has 17 heavy (non-hydrogen) atoms. The lowest BCUT2D eigenvalue weighted by molar-refractivity contribution is 0.0582. The van der Waals surface area contributed by atoms with Gasteiger partial charge in [0.2, 0.25) is 0 Å². The number of aliphatic hydroxyl groups is 1. The second-order valence-electron chi connectivity index (χ2n) is 5.07. The minimum Gasteiger partial charge on any atom is -0.391 e. The van der Waals surface area contributed by atoms with Crippen LogP contribution in [0.15, 0.2) is 16.8 Å². The van der Waals surface area contributed by atoms with Crippen LogP contribution in [0.4, 0.5) is 0 Å². The van der Waals surface area contributed by atoms with Crippen LogP contribution in [0.2, 0.25) is 0 Å². The fraction of sp³-hybridized carbons (Fsp3) is 0.692. The molecular weight excluding hydrogens is 232 g/mol. The van der Waals surface area contributed by atoms with Gasteiger partial charge in [-0.05, 0) is 56.0 Å². The lowest BCUT2D eigenvalue weighted by Gasteiger charge is -2.31. The molecule has 0 saturated carbocycles. The number of nitrogens with zero attached hydrogens (tertiary/aromatic N) is 2. The summed E-state index contributed by atoms with van der Waals surface area (Å²) in [5.74, 6) is 0. The number of hydrogen-bond acceptors (Lipinski definition) is 4. The minimum absolute atomic E-state index is 0.252. The smallest absolute Gasteiger partial charge is 0.0748 e. The van der Waals surface area contributed by atoms with Gasteiger partial charge in [-0.2, -0.15) is 11.3 Å². The molecule has 2 rings (SSSR count). The zero-order valence-corrected chi connectivity index (χ0v) is 11.5. The maximum absolute atomic E-state index is 10.4. The Hall–Kier alpha value is -0.420. The largest absolute Gasteiger partial charge is 0.391 e. The van der Waals surface area contributed by atoms with E-state index in [2.05, 4.69) is 40.7 Å². The lowest BCUT2D eigenvalue weighted by atomic mass is 10.0. The Labute approximate surface area is 108 Å². The molecular formula is C13H22N2OS. The molecule has 3 nitrogen and oxygen atoms in total. The van der Waals surface area contributed by atoms with Crippen molar-refractivity contribution in [3.63, 3.8) is 0 Å². The van der Waals surface area contributed by atoms with E-state index < -0.39 is 0 Å². The van der Waals surface area contributed by atoms with Gasteiger partial charge < -0.3 is 10.0 Å². The van der Waals surface area contributed by atoms with E-state index in [1.807, 2.05) is 0 Å². The highest BCUT2D eigenvalue weighted by Gasteiger charge is 2.27. The summed E-state index contributed by atoms with van der Waals surface area (Å²) in [4.78, 5) is 4.63. The van der Waals surface area contributed by atoms with Gasteiger partial charge >= 0.3 is 0 Å². The van der Waals surface area contributed by atoms with Crippen molar-refractivity contribution in [3.05, 3.63) is 22.4 Å².